The summed E-state index contributed by atoms with van der Waals surface area (Å²) in [7, 11) is 0. The van der Waals surface area contributed by atoms with Crippen LogP contribution in [0.25, 0.3) is 0 Å². The molecule has 3 atom stereocenters. The summed E-state index contributed by atoms with van der Waals surface area (Å²) >= 11 is 0. The van der Waals surface area contributed by atoms with Crippen LogP contribution in [0.3, 0.4) is 0 Å². The average molecular weight is 599 g/mol. The quantitative estimate of drug-likeness (QED) is 0.107. The van der Waals surface area contributed by atoms with Gasteiger partial charge in [0.2, 0.25) is 5.91 Å². The van der Waals surface area contributed by atoms with E-state index in [1.54, 1.807) is 6.07 Å². The number of amides is 1. The van der Waals surface area contributed by atoms with E-state index in [1.165, 1.54) is 5.56 Å². The molecule has 1 aliphatic carbocycles. The van der Waals surface area contributed by atoms with Gasteiger partial charge in [0.25, 0.3) is 0 Å². The van der Waals surface area contributed by atoms with E-state index in [1.807, 2.05) is 65.6 Å². The van der Waals surface area contributed by atoms with Gasteiger partial charge in [-0.05, 0) is 79.2 Å². The van der Waals surface area contributed by atoms with Crippen LogP contribution < -0.4 is 5.48 Å². The Morgan fingerprint density at radius 2 is 1.59 bits per heavy atom. The zero-order valence-electron chi connectivity index (χ0n) is 25.1. The standard InChI is InChI=1S/C36H42N2O6/c39-33(40)31-23-28(21-26-11-5-3-6-12-26)15-16-30(31)25-44-37-19-9-1-2-10-20-38-35(43)36(38)18-17-29(24-32(36)34(41)42)22-27-13-7-4-8-14-27/h3-8,11-16,23,29,32,37H,1-2,9-10,17-22,24-25H2,(H,39,40)(H,41,42). The number of carbonyl (C=O) groups excluding carboxylic acids is 1. The van der Waals surface area contributed by atoms with Crippen LogP contribution in [0, 0.1) is 11.8 Å². The molecule has 2 aliphatic rings. The van der Waals surface area contributed by atoms with Gasteiger partial charge in [0, 0.05) is 13.1 Å². The van der Waals surface area contributed by atoms with E-state index in [4.69, 9.17) is 4.84 Å². The number of rotatable bonds is 16. The summed E-state index contributed by atoms with van der Waals surface area (Å²) in [5.74, 6) is -2.18. The van der Waals surface area contributed by atoms with Crippen LogP contribution in [0.2, 0.25) is 0 Å². The summed E-state index contributed by atoms with van der Waals surface area (Å²) in [6, 6.07) is 25.6. The summed E-state index contributed by atoms with van der Waals surface area (Å²) < 4.78 is 0. The van der Waals surface area contributed by atoms with Crippen LogP contribution in [0.5, 0.6) is 0 Å². The van der Waals surface area contributed by atoms with Crippen molar-refractivity contribution in [2.45, 2.75) is 69.9 Å². The van der Waals surface area contributed by atoms with Crippen molar-refractivity contribution in [1.82, 2.24) is 10.4 Å². The molecule has 1 aliphatic heterocycles. The smallest absolute Gasteiger partial charge is 0.336 e. The highest BCUT2D eigenvalue weighted by Crippen LogP contribution is 2.52. The van der Waals surface area contributed by atoms with Gasteiger partial charge in [-0.25, -0.2) is 10.3 Å². The fourth-order valence-electron chi connectivity index (χ4n) is 6.80. The maximum Gasteiger partial charge on any atom is 0.336 e. The number of carboxylic acid groups (broad SMARTS) is 2. The van der Waals surface area contributed by atoms with Crippen molar-refractivity contribution in [1.29, 1.82) is 0 Å². The molecule has 1 spiro atoms. The van der Waals surface area contributed by atoms with E-state index in [9.17, 15) is 24.6 Å². The van der Waals surface area contributed by atoms with Crippen LogP contribution >= 0.6 is 0 Å². The second-order valence-corrected chi connectivity index (χ2v) is 12.2. The maximum absolute atomic E-state index is 12.9. The van der Waals surface area contributed by atoms with Crippen LogP contribution in [0.4, 0.5) is 0 Å². The predicted molar refractivity (Wildman–Crippen MR) is 167 cm³/mol. The first-order chi connectivity index (χ1) is 21.4. The van der Waals surface area contributed by atoms with Gasteiger partial charge in [-0.3, -0.25) is 14.4 Å². The molecule has 1 saturated carbocycles. The van der Waals surface area contributed by atoms with E-state index >= 15 is 0 Å². The molecule has 3 aromatic carbocycles. The van der Waals surface area contributed by atoms with Gasteiger partial charge in [-0.1, -0.05) is 85.6 Å². The molecular weight excluding hydrogens is 556 g/mol. The lowest BCUT2D eigenvalue weighted by atomic mass is 9.71. The van der Waals surface area contributed by atoms with Gasteiger partial charge in [0.1, 0.15) is 5.54 Å². The predicted octanol–water partition coefficient (Wildman–Crippen LogP) is 5.88. The minimum absolute atomic E-state index is 0.00644. The number of carboxylic acids is 2. The largest absolute Gasteiger partial charge is 0.481 e. The van der Waals surface area contributed by atoms with Crippen LogP contribution in [0.15, 0.2) is 78.9 Å². The second-order valence-electron chi connectivity index (χ2n) is 12.2. The average Bonchev–Trinajstić information content (AvgIpc) is 3.58. The number of hydrogen-bond acceptors (Lipinski definition) is 5. The molecule has 8 nitrogen and oxygen atoms in total. The zero-order chi connectivity index (χ0) is 30.9. The molecule has 8 heteroatoms. The third-order valence-corrected chi connectivity index (χ3v) is 9.19. The van der Waals surface area contributed by atoms with Crippen molar-refractivity contribution in [3.8, 4) is 0 Å². The van der Waals surface area contributed by atoms with Crippen LogP contribution in [0.1, 0.15) is 77.6 Å². The molecule has 232 valence electrons. The lowest BCUT2D eigenvalue weighted by Crippen LogP contribution is -2.41. The van der Waals surface area contributed by atoms with Crippen molar-refractivity contribution >= 4 is 17.8 Å². The molecule has 2 fully saturated rings. The maximum atomic E-state index is 12.9. The Balaban J connectivity index is 0.985. The fourth-order valence-corrected chi connectivity index (χ4v) is 6.80. The molecule has 3 aromatic rings. The molecule has 3 N–H and O–H groups in total. The Labute approximate surface area is 259 Å². The first kappa shape index (κ1) is 31.4. The lowest BCUT2D eigenvalue weighted by Gasteiger charge is -2.33. The Bertz CT molecular complexity index is 1430. The molecular formula is C36H42N2O6. The number of unbranched alkanes of at least 4 members (excludes halogenated alkanes) is 3. The Morgan fingerprint density at radius 1 is 0.886 bits per heavy atom. The molecule has 5 rings (SSSR count). The van der Waals surface area contributed by atoms with Gasteiger partial charge in [0.05, 0.1) is 18.1 Å². The van der Waals surface area contributed by atoms with Gasteiger partial charge in [-0.2, -0.15) is 0 Å². The highest BCUT2D eigenvalue weighted by molar-refractivity contribution is 6.06. The number of hydroxylamine groups is 1. The van der Waals surface area contributed by atoms with E-state index < -0.39 is 23.4 Å². The summed E-state index contributed by atoms with van der Waals surface area (Å²) in [6.45, 7) is 1.39. The SMILES string of the molecule is O=C(O)c1cc(Cc2ccccc2)ccc1CONCCCCCCN1C(=O)C12CCC(Cc1ccccc1)CC2C(=O)O. The molecule has 3 unspecified atom stereocenters. The number of aromatic carboxylic acids is 1. The Hall–Kier alpha value is -4.01. The molecule has 0 aromatic heterocycles. The molecule has 0 radical (unpaired) electrons. The highest BCUT2D eigenvalue weighted by Gasteiger charge is 2.69. The summed E-state index contributed by atoms with van der Waals surface area (Å²) in [6.07, 6.45) is 7.16. The monoisotopic (exact) mass is 598 g/mol. The van der Waals surface area contributed by atoms with Crippen LogP contribution in [-0.2, 0) is 33.9 Å². The second kappa shape index (κ2) is 14.6. The van der Waals surface area contributed by atoms with Gasteiger partial charge < -0.3 is 15.1 Å². The van der Waals surface area contributed by atoms with Crippen molar-refractivity contribution in [3.05, 3.63) is 107 Å². The van der Waals surface area contributed by atoms with Crippen molar-refractivity contribution in [2.24, 2.45) is 11.8 Å². The highest BCUT2D eigenvalue weighted by atomic mass is 16.6. The molecule has 1 heterocycles. The third-order valence-electron chi connectivity index (χ3n) is 9.19. The molecule has 0 bridgehead atoms. The molecule has 1 saturated heterocycles. The summed E-state index contributed by atoms with van der Waals surface area (Å²) in [4.78, 5) is 44.3. The van der Waals surface area contributed by atoms with Crippen molar-refractivity contribution < 1.29 is 29.4 Å². The van der Waals surface area contributed by atoms with E-state index in [-0.39, 0.29) is 24.0 Å². The summed E-state index contributed by atoms with van der Waals surface area (Å²) in [5, 5.41) is 19.7. The van der Waals surface area contributed by atoms with Crippen molar-refractivity contribution in [3.63, 3.8) is 0 Å². The van der Waals surface area contributed by atoms with Gasteiger partial charge in [0.15, 0.2) is 0 Å². The van der Waals surface area contributed by atoms with E-state index in [0.717, 1.165) is 49.7 Å². The number of hydrogen-bond donors (Lipinski definition) is 3. The first-order valence-corrected chi connectivity index (χ1v) is 15.7. The zero-order valence-corrected chi connectivity index (χ0v) is 25.1. The van der Waals surface area contributed by atoms with E-state index in [2.05, 4.69) is 17.6 Å². The normalized spacial score (nSPS) is 21.0. The number of nitrogens with one attached hydrogen (secondary N) is 1. The van der Waals surface area contributed by atoms with Crippen LogP contribution in [-0.4, -0.2) is 51.6 Å². The number of nitrogens with zero attached hydrogens (tertiary/aromatic N) is 1. The van der Waals surface area contributed by atoms with E-state index in [0.29, 0.717) is 37.9 Å². The Kier molecular flexibility index (Phi) is 10.5. The Morgan fingerprint density at radius 3 is 2.30 bits per heavy atom. The minimum Gasteiger partial charge on any atom is -0.481 e. The third kappa shape index (κ3) is 7.55. The van der Waals surface area contributed by atoms with Gasteiger partial charge in [-0.15, -0.1) is 0 Å². The fraction of sp³-hybridized carbons (Fsp3) is 0.417. The van der Waals surface area contributed by atoms with Gasteiger partial charge >= 0.3 is 11.9 Å². The number of aliphatic carboxylic acids is 1. The van der Waals surface area contributed by atoms with Crippen molar-refractivity contribution in [2.75, 3.05) is 13.1 Å². The lowest BCUT2D eigenvalue weighted by molar-refractivity contribution is -0.146. The minimum atomic E-state index is -0.972. The summed E-state index contributed by atoms with van der Waals surface area (Å²) in [5.41, 5.74) is 6.28. The number of benzene rings is 3. The number of carbonyl (C=O) groups is 3. The first-order valence-electron chi connectivity index (χ1n) is 15.7. The molecule has 1 amide bonds. The molecule has 44 heavy (non-hydrogen) atoms. The topological polar surface area (TPSA) is 116 Å².